The lowest BCUT2D eigenvalue weighted by Crippen LogP contribution is -2.39. The molecule has 2 aliphatic rings. The molecular weight excluding hydrogens is 258 g/mol. The van der Waals surface area contributed by atoms with Gasteiger partial charge in [-0.1, -0.05) is 25.3 Å². The quantitative estimate of drug-likeness (QED) is 0.844. The van der Waals surface area contributed by atoms with Gasteiger partial charge in [0.05, 0.1) is 4.90 Å². The maximum absolute atomic E-state index is 6.68. The van der Waals surface area contributed by atoms with Crippen LogP contribution in [0.1, 0.15) is 37.7 Å². The van der Waals surface area contributed by atoms with Gasteiger partial charge in [-0.3, -0.25) is 0 Å². The zero-order chi connectivity index (χ0) is 13.3. The smallest absolute Gasteiger partial charge is 0.175 e. The van der Waals surface area contributed by atoms with E-state index in [0.717, 1.165) is 24.3 Å². The van der Waals surface area contributed by atoms with E-state index in [4.69, 9.17) is 15.2 Å². The van der Waals surface area contributed by atoms with Crippen molar-refractivity contribution in [3.05, 3.63) is 17.7 Å². The van der Waals surface area contributed by atoms with Gasteiger partial charge in [0, 0.05) is 5.54 Å². The van der Waals surface area contributed by atoms with Crippen LogP contribution in [-0.4, -0.2) is 19.5 Å². The third-order valence-electron chi connectivity index (χ3n) is 4.15. The summed E-state index contributed by atoms with van der Waals surface area (Å²) in [5.41, 5.74) is 7.73. The highest BCUT2D eigenvalue weighted by Gasteiger charge is 2.33. The summed E-state index contributed by atoms with van der Waals surface area (Å²) < 4.78 is 11.5. The van der Waals surface area contributed by atoms with E-state index in [0.29, 0.717) is 13.2 Å². The first-order valence-corrected chi connectivity index (χ1v) is 8.23. The largest absolute Gasteiger partial charge is 0.486 e. The number of hydrogen-bond donors (Lipinski definition) is 1. The average Bonchev–Trinajstić information content (AvgIpc) is 2.46. The van der Waals surface area contributed by atoms with Gasteiger partial charge >= 0.3 is 0 Å². The Kier molecular flexibility index (Phi) is 3.63. The molecule has 0 atom stereocenters. The maximum Gasteiger partial charge on any atom is 0.175 e. The van der Waals surface area contributed by atoms with E-state index < -0.39 is 0 Å². The third kappa shape index (κ3) is 2.32. The van der Waals surface area contributed by atoms with Crippen LogP contribution in [0.25, 0.3) is 0 Å². The number of benzene rings is 1. The molecule has 3 rings (SSSR count). The van der Waals surface area contributed by atoms with Gasteiger partial charge in [-0.05, 0) is 30.7 Å². The fourth-order valence-corrected chi connectivity index (χ4v) is 3.97. The van der Waals surface area contributed by atoms with E-state index in [1.165, 1.54) is 29.7 Å². The number of nitrogens with two attached hydrogens (primary N) is 1. The Morgan fingerprint density at radius 3 is 2.58 bits per heavy atom. The lowest BCUT2D eigenvalue weighted by molar-refractivity contribution is 0.165. The summed E-state index contributed by atoms with van der Waals surface area (Å²) in [4.78, 5) is 1.17. The highest BCUT2D eigenvalue weighted by atomic mass is 32.2. The molecule has 3 nitrogen and oxygen atoms in total. The lowest BCUT2D eigenvalue weighted by Gasteiger charge is -2.36. The zero-order valence-electron chi connectivity index (χ0n) is 11.4. The van der Waals surface area contributed by atoms with Crippen molar-refractivity contribution in [1.82, 2.24) is 0 Å². The highest BCUT2D eigenvalue weighted by molar-refractivity contribution is 7.98. The minimum atomic E-state index is -0.188. The molecule has 1 aromatic rings. The molecule has 4 heteroatoms. The second kappa shape index (κ2) is 5.25. The number of hydrogen-bond acceptors (Lipinski definition) is 4. The van der Waals surface area contributed by atoms with Gasteiger partial charge in [-0.2, -0.15) is 0 Å². The molecule has 2 N–H and O–H groups in total. The molecule has 19 heavy (non-hydrogen) atoms. The molecule has 0 spiro atoms. The van der Waals surface area contributed by atoms with Crippen LogP contribution in [0.4, 0.5) is 0 Å². The Hall–Kier alpha value is -0.870. The maximum atomic E-state index is 6.68. The van der Waals surface area contributed by atoms with Gasteiger partial charge in [-0.25, -0.2) is 0 Å². The molecular formula is C15H21NO2S. The Bertz CT molecular complexity index is 469. The molecule has 0 saturated heterocycles. The van der Waals surface area contributed by atoms with Crippen LogP contribution in [0.5, 0.6) is 11.5 Å². The van der Waals surface area contributed by atoms with E-state index in [9.17, 15) is 0 Å². The van der Waals surface area contributed by atoms with Crippen LogP contribution in [-0.2, 0) is 5.54 Å². The van der Waals surface area contributed by atoms with Crippen LogP contribution < -0.4 is 15.2 Å². The molecule has 104 valence electrons. The Morgan fingerprint density at radius 2 is 1.84 bits per heavy atom. The second-order valence-corrected chi connectivity index (χ2v) is 6.20. The van der Waals surface area contributed by atoms with E-state index in [2.05, 4.69) is 12.3 Å². The first-order valence-electron chi connectivity index (χ1n) is 7.00. The first-order chi connectivity index (χ1) is 9.24. The van der Waals surface area contributed by atoms with Crippen molar-refractivity contribution in [3.63, 3.8) is 0 Å². The van der Waals surface area contributed by atoms with Crippen molar-refractivity contribution in [2.24, 2.45) is 5.73 Å². The van der Waals surface area contributed by atoms with Crippen molar-refractivity contribution in [2.75, 3.05) is 19.5 Å². The van der Waals surface area contributed by atoms with Crippen LogP contribution in [0, 0.1) is 0 Å². The summed E-state index contributed by atoms with van der Waals surface area (Å²) in [6.45, 7) is 1.26. The molecule has 0 aromatic heterocycles. The van der Waals surface area contributed by atoms with E-state index in [1.807, 2.05) is 6.07 Å². The third-order valence-corrected chi connectivity index (χ3v) is 4.96. The van der Waals surface area contributed by atoms with Crippen molar-refractivity contribution < 1.29 is 9.47 Å². The summed E-state index contributed by atoms with van der Waals surface area (Å²) in [6.07, 6.45) is 7.97. The molecule has 1 aliphatic carbocycles. The molecule has 0 radical (unpaired) electrons. The molecule has 0 amide bonds. The van der Waals surface area contributed by atoms with Crippen molar-refractivity contribution in [1.29, 1.82) is 0 Å². The second-order valence-electron chi connectivity index (χ2n) is 5.39. The van der Waals surface area contributed by atoms with Gasteiger partial charge in [-0.15, -0.1) is 11.8 Å². The predicted octanol–water partition coefficient (Wildman–Crippen LogP) is 3.30. The van der Waals surface area contributed by atoms with Crippen LogP contribution >= 0.6 is 11.8 Å². The number of rotatable bonds is 2. The van der Waals surface area contributed by atoms with Gasteiger partial charge in [0.15, 0.2) is 11.5 Å². The van der Waals surface area contributed by atoms with Crippen LogP contribution in [0.15, 0.2) is 17.0 Å². The Balaban J connectivity index is 2.05. The van der Waals surface area contributed by atoms with Crippen molar-refractivity contribution in [3.8, 4) is 11.5 Å². The van der Waals surface area contributed by atoms with Gasteiger partial charge in [0.25, 0.3) is 0 Å². The number of fused-ring (bicyclic) bond motifs is 1. The lowest BCUT2D eigenvalue weighted by atomic mass is 9.77. The van der Waals surface area contributed by atoms with E-state index in [1.54, 1.807) is 11.8 Å². The van der Waals surface area contributed by atoms with Gasteiger partial charge in [0.1, 0.15) is 13.2 Å². The molecule has 0 unspecified atom stereocenters. The average molecular weight is 279 g/mol. The molecule has 0 bridgehead atoms. The minimum absolute atomic E-state index is 0.188. The highest BCUT2D eigenvalue weighted by Crippen LogP contribution is 2.47. The molecule has 1 saturated carbocycles. The molecule has 1 aromatic carbocycles. The molecule has 1 aliphatic heterocycles. The van der Waals surface area contributed by atoms with E-state index in [-0.39, 0.29) is 5.54 Å². The van der Waals surface area contributed by atoms with Crippen LogP contribution in [0.2, 0.25) is 0 Å². The fraction of sp³-hybridized carbons (Fsp3) is 0.600. The van der Waals surface area contributed by atoms with Crippen molar-refractivity contribution >= 4 is 11.8 Å². The van der Waals surface area contributed by atoms with Crippen molar-refractivity contribution in [2.45, 2.75) is 42.5 Å². The monoisotopic (exact) mass is 279 g/mol. The summed E-state index contributed by atoms with van der Waals surface area (Å²) in [7, 11) is 0. The fourth-order valence-electron chi connectivity index (χ4n) is 3.14. The normalized spacial score (nSPS) is 21.2. The summed E-state index contributed by atoms with van der Waals surface area (Å²) in [5.74, 6) is 1.76. The number of thioether (sulfide) groups is 1. The first kappa shape index (κ1) is 13.1. The summed E-state index contributed by atoms with van der Waals surface area (Å²) >= 11 is 1.72. The standard InChI is InChI=1S/C15H21NO2S/c1-19-14-11(15(16)7-3-2-4-8-15)5-6-12-13(14)18-10-9-17-12/h5-6H,2-4,7-10,16H2,1H3. The molecule has 1 heterocycles. The van der Waals surface area contributed by atoms with Gasteiger partial charge < -0.3 is 15.2 Å². The summed E-state index contributed by atoms with van der Waals surface area (Å²) in [5, 5.41) is 0. The zero-order valence-corrected chi connectivity index (χ0v) is 12.2. The Morgan fingerprint density at radius 1 is 1.11 bits per heavy atom. The summed E-state index contributed by atoms with van der Waals surface area (Å²) in [6, 6.07) is 4.16. The topological polar surface area (TPSA) is 44.5 Å². The number of ether oxygens (including phenoxy) is 2. The minimum Gasteiger partial charge on any atom is -0.486 e. The SMILES string of the molecule is CSc1c(C2(N)CCCCC2)ccc2c1OCCO2. The Labute approximate surface area is 118 Å². The van der Waals surface area contributed by atoms with Crippen LogP contribution in [0.3, 0.4) is 0 Å². The molecule has 1 fully saturated rings. The van der Waals surface area contributed by atoms with Gasteiger partial charge in [0.2, 0.25) is 0 Å². The van der Waals surface area contributed by atoms with E-state index >= 15 is 0 Å². The predicted molar refractivity (Wildman–Crippen MR) is 78.2 cm³/mol.